The van der Waals surface area contributed by atoms with Crippen molar-refractivity contribution >= 4 is 23.9 Å². The molecule has 12 heteroatoms. The normalized spacial score (nSPS) is 15.8. The number of rotatable bonds is 14. The van der Waals surface area contributed by atoms with E-state index in [1.807, 2.05) is 0 Å². The molecule has 2 aromatic carbocycles. The number of aliphatic carboxylic acids is 1. The number of benzene rings is 2. The third-order valence-corrected chi connectivity index (χ3v) is 5.71. The number of hydrogen-bond acceptors (Lipinski definition) is 11. The van der Waals surface area contributed by atoms with Crippen LogP contribution in [0.15, 0.2) is 60.4 Å². The number of carbonyl (C=O) groups excluding carboxylic acids is 1. The fourth-order valence-corrected chi connectivity index (χ4v) is 3.30. The molecule has 2 aromatic rings. The van der Waals surface area contributed by atoms with Crippen LogP contribution < -0.4 is 14.2 Å². The van der Waals surface area contributed by atoms with Crippen molar-refractivity contribution in [2.45, 2.75) is 31.5 Å². The molecule has 5 unspecified atom stereocenters. The molecule has 0 aromatic heterocycles. The van der Waals surface area contributed by atoms with Crippen LogP contribution in [0.4, 0.5) is 0 Å². The zero-order chi connectivity index (χ0) is 30.0. The number of carbonyl (C=O) groups is 2. The average Bonchev–Trinajstić information content (AvgIpc) is 2.94. The highest BCUT2D eigenvalue weighted by atomic mass is 16.6. The molecule has 0 aliphatic carbocycles. The zero-order valence-electron chi connectivity index (χ0n) is 21.9. The second-order valence-electron chi connectivity index (χ2n) is 8.59. The summed E-state index contributed by atoms with van der Waals surface area (Å²) >= 11 is 0. The molecule has 0 saturated carbocycles. The summed E-state index contributed by atoms with van der Waals surface area (Å²) in [5.41, 5.74) is 1.09. The quantitative estimate of drug-likeness (QED) is 0.0763. The van der Waals surface area contributed by atoms with Crippen LogP contribution in [0.2, 0.25) is 0 Å². The van der Waals surface area contributed by atoms with Crippen molar-refractivity contribution in [2.75, 3.05) is 14.2 Å². The van der Waals surface area contributed by atoms with Crippen molar-refractivity contribution in [3.63, 3.8) is 0 Å². The largest absolute Gasteiger partial charge is 0.508 e. The Balaban J connectivity index is 2.06. The number of phenolic OH excluding ortho intramolecular Hbond substituents is 1. The lowest BCUT2D eigenvalue weighted by Crippen LogP contribution is -2.49. The standard InChI is InChI=1S/C28H32O12/c1-15(27(35)36)24(32)25(33)26(34)28(37)40-21-11-7-17(13-23(21)39-3)5-9-19(30)14-18(29)8-4-16-6-10-20(31)22(12-16)38-2/h4-15,24-26,28,30-34,37H,1-3H3,(H,35,36)/b8-4+,9-5+,19-14-. The molecule has 0 fully saturated rings. The van der Waals surface area contributed by atoms with Gasteiger partial charge < -0.3 is 50.0 Å². The van der Waals surface area contributed by atoms with Gasteiger partial charge in [-0.05, 0) is 54.5 Å². The Morgan fingerprint density at radius 1 is 0.775 bits per heavy atom. The summed E-state index contributed by atoms with van der Waals surface area (Å²) in [7, 11) is 2.70. The minimum Gasteiger partial charge on any atom is -0.508 e. The summed E-state index contributed by atoms with van der Waals surface area (Å²) < 4.78 is 15.4. The summed E-state index contributed by atoms with van der Waals surface area (Å²) in [5.74, 6) is -3.43. The molecule has 0 heterocycles. The van der Waals surface area contributed by atoms with E-state index in [0.717, 1.165) is 13.0 Å². The topological polar surface area (TPSA) is 203 Å². The number of aliphatic hydroxyl groups excluding tert-OH is 5. The highest BCUT2D eigenvalue weighted by Crippen LogP contribution is 2.30. The van der Waals surface area contributed by atoms with Gasteiger partial charge in [0, 0.05) is 6.08 Å². The van der Waals surface area contributed by atoms with Crippen molar-refractivity contribution in [1.29, 1.82) is 0 Å². The Bertz CT molecular complexity index is 1270. The molecular formula is C28H32O12. The van der Waals surface area contributed by atoms with Gasteiger partial charge in [0.1, 0.15) is 18.0 Å². The van der Waals surface area contributed by atoms with Crippen molar-refractivity contribution in [1.82, 2.24) is 0 Å². The van der Waals surface area contributed by atoms with Crippen LogP contribution in [-0.2, 0) is 9.59 Å². The Morgan fingerprint density at radius 2 is 1.35 bits per heavy atom. The monoisotopic (exact) mass is 560 g/mol. The van der Waals surface area contributed by atoms with Crippen molar-refractivity contribution in [2.24, 2.45) is 5.92 Å². The molecule has 0 saturated heterocycles. The number of hydrogen-bond donors (Lipinski definition) is 7. The minimum absolute atomic E-state index is 0.0417. The molecule has 0 bridgehead atoms. The molecule has 12 nitrogen and oxygen atoms in total. The first-order valence-electron chi connectivity index (χ1n) is 11.9. The fraction of sp³-hybridized carbons (Fsp3) is 0.286. The van der Waals surface area contributed by atoms with Gasteiger partial charge in [0.25, 0.3) is 0 Å². The maximum Gasteiger partial charge on any atom is 0.308 e. The fourth-order valence-electron chi connectivity index (χ4n) is 3.30. The van der Waals surface area contributed by atoms with Gasteiger partial charge in [-0.2, -0.15) is 0 Å². The molecule has 216 valence electrons. The van der Waals surface area contributed by atoms with Crippen LogP contribution in [0.1, 0.15) is 18.1 Å². The van der Waals surface area contributed by atoms with E-state index in [4.69, 9.17) is 19.3 Å². The first kappa shape index (κ1) is 31.9. The summed E-state index contributed by atoms with van der Waals surface area (Å²) in [6.45, 7) is 1.13. The van der Waals surface area contributed by atoms with E-state index in [2.05, 4.69) is 0 Å². The van der Waals surface area contributed by atoms with Crippen molar-refractivity contribution in [3.8, 4) is 23.0 Å². The molecule has 0 radical (unpaired) electrons. The number of phenols is 1. The Labute approximate surface area is 229 Å². The lowest BCUT2D eigenvalue weighted by molar-refractivity contribution is -0.178. The highest BCUT2D eigenvalue weighted by Gasteiger charge is 2.37. The van der Waals surface area contributed by atoms with Crippen LogP contribution in [0.5, 0.6) is 23.0 Å². The summed E-state index contributed by atoms with van der Waals surface area (Å²) in [5, 5.41) is 68.8. The van der Waals surface area contributed by atoms with Gasteiger partial charge in [-0.1, -0.05) is 24.3 Å². The first-order valence-corrected chi connectivity index (χ1v) is 11.9. The second-order valence-corrected chi connectivity index (χ2v) is 8.59. The lowest BCUT2D eigenvalue weighted by Gasteiger charge is -2.28. The van der Waals surface area contributed by atoms with Gasteiger partial charge in [-0.15, -0.1) is 0 Å². The average molecular weight is 561 g/mol. The van der Waals surface area contributed by atoms with E-state index in [-0.39, 0.29) is 28.8 Å². The van der Waals surface area contributed by atoms with Gasteiger partial charge in [0.05, 0.1) is 26.2 Å². The third kappa shape index (κ3) is 8.85. The first-order chi connectivity index (χ1) is 18.9. The zero-order valence-corrected chi connectivity index (χ0v) is 21.9. The second kappa shape index (κ2) is 14.7. The molecule has 0 spiro atoms. The van der Waals surface area contributed by atoms with Crippen molar-refractivity contribution in [3.05, 3.63) is 71.5 Å². The smallest absolute Gasteiger partial charge is 0.308 e. The summed E-state index contributed by atoms with van der Waals surface area (Å²) in [6, 6.07) is 8.85. The predicted octanol–water partition coefficient (Wildman–Crippen LogP) is 1.65. The number of methoxy groups -OCH3 is 2. The van der Waals surface area contributed by atoms with E-state index >= 15 is 0 Å². The molecule has 2 rings (SSSR count). The molecule has 7 N–H and O–H groups in total. The van der Waals surface area contributed by atoms with Gasteiger partial charge in [-0.3, -0.25) is 9.59 Å². The number of aliphatic hydroxyl groups is 5. The van der Waals surface area contributed by atoms with E-state index in [1.54, 1.807) is 6.07 Å². The predicted molar refractivity (Wildman–Crippen MR) is 143 cm³/mol. The Hall–Kier alpha value is -4.36. The van der Waals surface area contributed by atoms with Crippen LogP contribution in [0, 0.1) is 5.92 Å². The number of allylic oxidation sites excluding steroid dienone is 3. The van der Waals surface area contributed by atoms with Gasteiger partial charge in [0.15, 0.2) is 28.8 Å². The molecule has 0 amide bonds. The lowest BCUT2D eigenvalue weighted by atomic mass is 9.96. The van der Waals surface area contributed by atoms with Gasteiger partial charge >= 0.3 is 5.97 Å². The van der Waals surface area contributed by atoms with Crippen LogP contribution in [-0.4, -0.2) is 86.3 Å². The number of aromatic hydroxyl groups is 1. The van der Waals surface area contributed by atoms with E-state index < -0.39 is 42.3 Å². The molecule has 0 aliphatic rings. The van der Waals surface area contributed by atoms with E-state index in [0.29, 0.717) is 11.1 Å². The van der Waals surface area contributed by atoms with E-state index in [9.17, 15) is 40.2 Å². The molecule has 0 aliphatic heterocycles. The van der Waals surface area contributed by atoms with Crippen LogP contribution in [0.3, 0.4) is 0 Å². The Morgan fingerprint density at radius 3 is 1.95 bits per heavy atom. The number of ketones is 1. The Kier molecular flexibility index (Phi) is 11.7. The number of carboxylic acid groups (broad SMARTS) is 1. The number of carboxylic acids is 1. The SMILES string of the molecule is COc1cc(/C=C/C(=O)/C=C(O)/C=C/c2ccc(OC(O)C(O)C(O)C(O)C(C)C(=O)O)c(OC)c2)ccc1O. The molecule has 5 atom stereocenters. The minimum atomic E-state index is -2.05. The van der Waals surface area contributed by atoms with Crippen LogP contribution in [0.25, 0.3) is 12.2 Å². The number of ether oxygens (including phenoxy) is 3. The third-order valence-electron chi connectivity index (χ3n) is 5.71. The molecular weight excluding hydrogens is 528 g/mol. The summed E-state index contributed by atoms with van der Waals surface area (Å²) in [4.78, 5) is 23.1. The van der Waals surface area contributed by atoms with Crippen molar-refractivity contribution < 1.29 is 59.5 Å². The van der Waals surface area contributed by atoms with E-state index in [1.165, 1.54) is 68.9 Å². The highest BCUT2D eigenvalue weighted by molar-refractivity contribution is 6.02. The summed E-state index contributed by atoms with van der Waals surface area (Å²) in [6.07, 6.45) is -1.58. The van der Waals surface area contributed by atoms with Crippen LogP contribution >= 0.6 is 0 Å². The maximum absolute atomic E-state index is 12.1. The molecule has 40 heavy (non-hydrogen) atoms. The van der Waals surface area contributed by atoms with Gasteiger partial charge in [-0.25, -0.2) is 0 Å². The van der Waals surface area contributed by atoms with Gasteiger partial charge in [0.2, 0.25) is 6.29 Å². The maximum atomic E-state index is 12.1.